The van der Waals surface area contributed by atoms with Crippen LogP contribution in [-0.2, 0) is 9.47 Å². The summed E-state index contributed by atoms with van der Waals surface area (Å²) in [5.74, 6) is 3.93. The molecule has 8 aliphatic rings. The van der Waals surface area contributed by atoms with Crippen molar-refractivity contribution in [3.05, 3.63) is 150 Å². The number of allylic oxidation sites excluding steroid dienone is 9. The molecule has 0 amide bonds. The number of para-hydroxylation sites is 2. The Balaban J connectivity index is 1.11. The molecule has 0 bridgehead atoms. The molecule has 0 radical (unpaired) electrons. The summed E-state index contributed by atoms with van der Waals surface area (Å²) >= 11 is 0. The van der Waals surface area contributed by atoms with Gasteiger partial charge in [0.15, 0.2) is 5.75 Å². The average molecular weight is 620 g/mol. The molecular formula is C43H41NO3. The van der Waals surface area contributed by atoms with E-state index in [9.17, 15) is 0 Å². The van der Waals surface area contributed by atoms with Gasteiger partial charge in [0.2, 0.25) is 0 Å². The zero-order valence-electron chi connectivity index (χ0n) is 26.7. The van der Waals surface area contributed by atoms with Crippen LogP contribution < -0.4 is 9.64 Å². The van der Waals surface area contributed by atoms with Crippen LogP contribution in [0.4, 0.5) is 5.69 Å². The van der Waals surface area contributed by atoms with Crippen molar-refractivity contribution in [3.8, 4) is 5.75 Å². The van der Waals surface area contributed by atoms with E-state index in [-0.39, 0.29) is 41.6 Å². The smallest absolute Gasteiger partial charge is 0.151 e. The minimum Gasteiger partial charge on any atom is -0.490 e. The third-order valence-electron chi connectivity index (χ3n) is 12.1. The summed E-state index contributed by atoms with van der Waals surface area (Å²) in [6, 6.07) is 19.6. The number of nitrogens with zero attached hydrogens (tertiary/aromatic N) is 1. The molecule has 2 aromatic rings. The highest BCUT2D eigenvalue weighted by Crippen LogP contribution is 2.66. The lowest BCUT2D eigenvalue weighted by Gasteiger charge is -2.64. The van der Waals surface area contributed by atoms with Gasteiger partial charge in [-0.3, -0.25) is 0 Å². The molecule has 2 saturated heterocycles. The summed E-state index contributed by atoms with van der Waals surface area (Å²) < 4.78 is 20.7. The molecule has 3 heterocycles. The molecule has 5 aliphatic carbocycles. The van der Waals surface area contributed by atoms with Crippen LogP contribution in [0.25, 0.3) is 5.57 Å². The predicted octanol–water partition coefficient (Wildman–Crippen LogP) is 9.38. The fraction of sp³-hybridized carbons (Fsp3) is 0.349. The SMILES string of the molecule is C1=CC2OC3C=C(c4ccccc4)CCC3C3(C4=CCCC=C4OC4CC(N5C6=C(C=CCC6)Oc6ccccc65)C=CC43)C2C=C1. The Kier molecular flexibility index (Phi) is 6.44. The van der Waals surface area contributed by atoms with Gasteiger partial charge in [0, 0.05) is 29.6 Å². The quantitative estimate of drug-likeness (QED) is 0.314. The topological polar surface area (TPSA) is 30.9 Å². The van der Waals surface area contributed by atoms with Crippen LogP contribution in [0.15, 0.2) is 144 Å². The van der Waals surface area contributed by atoms with Gasteiger partial charge in [-0.15, -0.1) is 0 Å². The van der Waals surface area contributed by atoms with Crippen molar-refractivity contribution >= 4 is 11.3 Å². The fourth-order valence-corrected chi connectivity index (χ4v) is 10.3. The number of fused-ring (bicyclic) bond motifs is 9. The van der Waals surface area contributed by atoms with Gasteiger partial charge in [-0.25, -0.2) is 0 Å². The molecule has 8 unspecified atom stereocenters. The Morgan fingerprint density at radius 3 is 2.62 bits per heavy atom. The van der Waals surface area contributed by atoms with Crippen molar-refractivity contribution in [1.82, 2.24) is 0 Å². The summed E-state index contributed by atoms with van der Waals surface area (Å²) in [6.07, 6.45) is 33.6. The second-order valence-electron chi connectivity index (χ2n) is 14.3. The third kappa shape index (κ3) is 4.16. The molecule has 47 heavy (non-hydrogen) atoms. The zero-order chi connectivity index (χ0) is 31.0. The number of hydrogen-bond acceptors (Lipinski definition) is 4. The van der Waals surface area contributed by atoms with Crippen molar-refractivity contribution in [1.29, 1.82) is 0 Å². The van der Waals surface area contributed by atoms with Gasteiger partial charge in [0.05, 0.1) is 29.6 Å². The molecule has 0 aromatic heterocycles. The Labute approximate surface area is 277 Å². The Morgan fingerprint density at radius 1 is 0.787 bits per heavy atom. The van der Waals surface area contributed by atoms with Crippen LogP contribution in [-0.4, -0.2) is 24.4 Å². The van der Waals surface area contributed by atoms with Crippen LogP contribution in [0.3, 0.4) is 0 Å². The fourth-order valence-electron chi connectivity index (χ4n) is 10.3. The predicted molar refractivity (Wildman–Crippen MR) is 186 cm³/mol. The normalized spacial score (nSPS) is 36.0. The number of hydrogen-bond donors (Lipinski definition) is 0. The number of rotatable bonds is 2. The molecule has 0 saturated carbocycles. The van der Waals surface area contributed by atoms with Gasteiger partial charge < -0.3 is 19.1 Å². The monoisotopic (exact) mass is 619 g/mol. The highest BCUT2D eigenvalue weighted by Gasteiger charge is 2.65. The molecule has 8 atom stereocenters. The van der Waals surface area contributed by atoms with Crippen LogP contribution in [0.5, 0.6) is 5.75 Å². The first kappa shape index (κ1) is 27.8. The van der Waals surface area contributed by atoms with Crippen molar-refractivity contribution in [2.75, 3.05) is 4.90 Å². The number of anilines is 1. The molecule has 4 nitrogen and oxygen atoms in total. The van der Waals surface area contributed by atoms with E-state index in [0.29, 0.717) is 5.92 Å². The summed E-state index contributed by atoms with van der Waals surface area (Å²) in [6.45, 7) is 0. The summed E-state index contributed by atoms with van der Waals surface area (Å²) in [5, 5.41) is 0. The second kappa shape index (κ2) is 10.9. The molecule has 2 fully saturated rings. The van der Waals surface area contributed by atoms with E-state index >= 15 is 0 Å². The second-order valence-corrected chi connectivity index (χ2v) is 14.3. The van der Waals surface area contributed by atoms with E-state index < -0.39 is 0 Å². The minimum atomic E-state index is -0.106. The van der Waals surface area contributed by atoms with Gasteiger partial charge in [0.1, 0.15) is 17.6 Å². The lowest BCUT2D eigenvalue weighted by molar-refractivity contribution is -0.174. The maximum atomic E-state index is 7.17. The number of benzene rings is 2. The van der Waals surface area contributed by atoms with E-state index in [0.717, 1.165) is 67.9 Å². The largest absolute Gasteiger partial charge is 0.490 e. The highest BCUT2D eigenvalue weighted by molar-refractivity contribution is 5.69. The first-order valence-electron chi connectivity index (χ1n) is 17.8. The first-order valence-corrected chi connectivity index (χ1v) is 17.8. The molecule has 236 valence electrons. The maximum Gasteiger partial charge on any atom is 0.151 e. The Bertz CT molecular complexity index is 1860. The summed E-state index contributed by atoms with van der Waals surface area (Å²) in [4.78, 5) is 2.56. The van der Waals surface area contributed by atoms with E-state index in [1.807, 2.05) is 0 Å². The lowest BCUT2D eigenvalue weighted by Crippen LogP contribution is -2.64. The van der Waals surface area contributed by atoms with Gasteiger partial charge >= 0.3 is 0 Å². The molecular weight excluding hydrogens is 578 g/mol. The van der Waals surface area contributed by atoms with E-state index in [1.54, 1.807) is 0 Å². The molecule has 0 N–H and O–H groups in total. The zero-order valence-corrected chi connectivity index (χ0v) is 26.7. The molecule has 10 rings (SSSR count). The van der Waals surface area contributed by atoms with Gasteiger partial charge in [-0.2, -0.15) is 0 Å². The van der Waals surface area contributed by atoms with Crippen LogP contribution in [0.1, 0.15) is 50.5 Å². The standard InChI is InChI=1S/C43H41NO3/c1-2-12-28(13-3-1)29-22-24-33-41(26-29)45-37-18-8-4-14-31(37)43(33)32-15-5-9-19-38(32)46-42-27-30(23-25-34(42)43)44-35-16-6-10-20-39(35)47-40-21-11-7-17-36(40)44/h1-4,6,8,10-16,18-21,23,25-26,30-31,33-34,37,41-42H,5,7,9,17,22,24,27H2. The molecule has 1 spiro atoms. The van der Waals surface area contributed by atoms with Crippen molar-refractivity contribution < 1.29 is 14.2 Å². The van der Waals surface area contributed by atoms with Crippen molar-refractivity contribution in [2.45, 2.75) is 69.3 Å². The van der Waals surface area contributed by atoms with Crippen LogP contribution in [0, 0.1) is 23.2 Å². The van der Waals surface area contributed by atoms with Gasteiger partial charge in [0.25, 0.3) is 0 Å². The van der Waals surface area contributed by atoms with Crippen LogP contribution in [0.2, 0.25) is 0 Å². The first-order chi connectivity index (χ1) is 23.3. The number of ether oxygens (including phenoxy) is 3. The maximum absolute atomic E-state index is 7.17. The molecule has 4 heteroatoms. The van der Waals surface area contributed by atoms with Crippen LogP contribution >= 0.6 is 0 Å². The summed E-state index contributed by atoms with van der Waals surface area (Å²) in [7, 11) is 0. The highest BCUT2D eigenvalue weighted by atomic mass is 16.5. The van der Waals surface area contributed by atoms with E-state index in [4.69, 9.17) is 14.2 Å². The molecule has 2 aromatic carbocycles. The third-order valence-corrected chi connectivity index (χ3v) is 12.1. The van der Waals surface area contributed by atoms with Crippen molar-refractivity contribution in [3.63, 3.8) is 0 Å². The Morgan fingerprint density at radius 2 is 1.66 bits per heavy atom. The van der Waals surface area contributed by atoms with Gasteiger partial charge in [-0.1, -0.05) is 97.1 Å². The Hall–Kier alpha value is -4.28. The minimum absolute atomic E-state index is 0.0365. The average Bonchev–Trinajstić information content (AvgIpc) is 3.13. The lowest BCUT2D eigenvalue weighted by atomic mass is 9.46. The van der Waals surface area contributed by atoms with E-state index in [2.05, 4.69) is 126 Å². The van der Waals surface area contributed by atoms with Gasteiger partial charge in [-0.05, 0) is 79.5 Å². The summed E-state index contributed by atoms with van der Waals surface area (Å²) in [5.41, 5.74) is 6.53. The van der Waals surface area contributed by atoms with E-state index in [1.165, 1.54) is 22.4 Å². The van der Waals surface area contributed by atoms with Crippen molar-refractivity contribution in [2.24, 2.45) is 23.2 Å². The molecule has 3 aliphatic heterocycles.